The van der Waals surface area contributed by atoms with Gasteiger partial charge in [0.05, 0.1) is 30.5 Å². The molecule has 4 aliphatic rings. The summed E-state index contributed by atoms with van der Waals surface area (Å²) in [6.07, 6.45) is -1.38. The Hall–Kier alpha value is -4.79. The average molecular weight is 628 g/mol. The van der Waals surface area contributed by atoms with E-state index in [1.165, 1.54) is 31.6 Å². The molecular formula is C30H29F4N7O4. The van der Waals surface area contributed by atoms with Crippen LogP contribution >= 0.6 is 0 Å². The van der Waals surface area contributed by atoms with Crippen LogP contribution in [-0.2, 0) is 11.0 Å². The molecule has 3 saturated carbocycles. The number of aromatic nitrogens is 2. The number of ether oxygens (including phenoxy) is 1. The molecule has 1 saturated heterocycles. The standard InChI is InChI=1S/C30H29F4N7O4/c1-40-9-10-41(12-22(40)42)29-13-28(14-29,15-29)39-24-23(27(45-2)36-16-35-24)26(44)38-21-6-4-3-5-18(21)25(43)37-17-7-8-20(31)19(11-17)30(32,33)34/h3-8,11,16H,9-10,12-15H2,1-2H3,(H,37,43)(H,38,44)(H,35,36,39). The first-order valence-corrected chi connectivity index (χ1v) is 14.1. The van der Waals surface area contributed by atoms with Gasteiger partial charge in [0.1, 0.15) is 23.5 Å². The van der Waals surface area contributed by atoms with Gasteiger partial charge in [-0.15, -0.1) is 0 Å². The molecule has 3 N–H and O–H groups in total. The van der Waals surface area contributed by atoms with Crippen LogP contribution in [0.3, 0.4) is 0 Å². The van der Waals surface area contributed by atoms with E-state index in [2.05, 4.69) is 30.8 Å². The molecule has 2 aromatic carbocycles. The number of nitrogens with one attached hydrogen (secondary N) is 3. The monoisotopic (exact) mass is 627 g/mol. The molecule has 2 bridgehead atoms. The molecule has 3 aromatic rings. The SMILES string of the molecule is COc1ncnc(NC23CC(N4CCN(C)C(=O)C4)(C2)C3)c1C(=O)Nc1ccccc1C(=O)Nc1ccc(F)c(C(F)(F)F)c1. The molecule has 0 radical (unpaired) electrons. The van der Waals surface area contributed by atoms with Crippen LogP contribution in [0.4, 0.5) is 34.8 Å². The molecule has 4 fully saturated rings. The van der Waals surface area contributed by atoms with Crippen molar-refractivity contribution in [2.75, 3.05) is 49.7 Å². The molecule has 0 spiro atoms. The second-order valence-corrected chi connectivity index (χ2v) is 11.6. The first-order valence-electron chi connectivity index (χ1n) is 14.1. The molecular weight excluding hydrogens is 598 g/mol. The molecule has 2 heterocycles. The number of nitrogens with zero attached hydrogens (tertiary/aromatic N) is 4. The molecule has 45 heavy (non-hydrogen) atoms. The maximum atomic E-state index is 13.7. The van der Waals surface area contributed by atoms with E-state index < -0.39 is 29.4 Å². The molecule has 3 amide bonds. The minimum Gasteiger partial charge on any atom is -0.480 e. The fraction of sp³-hybridized carbons (Fsp3) is 0.367. The molecule has 3 aliphatic carbocycles. The number of hydrogen-bond acceptors (Lipinski definition) is 8. The van der Waals surface area contributed by atoms with Crippen molar-refractivity contribution in [3.63, 3.8) is 0 Å². The fourth-order valence-electron chi connectivity index (χ4n) is 6.43. The number of likely N-dealkylation sites (N-methyl/N-ethyl adjacent to an activating group) is 1. The quantitative estimate of drug-likeness (QED) is 0.320. The Kier molecular flexibility index (Phi) is 7.38. The molecule has 11 nitrogen and oxygen atoms in total. The molecule has 0 atom stereocenters. The first kappa shape index (κ1) is 30.2. The van der Waals surface area contributed by atoms with Crippen molar-refractivity contribution >= 4 is 34.9 Å². The van der Waals surface area contributed by atoms with Crippen LogP contribution < -0.4 is 20.7 Å². The summed E-state index contributed by atoms with van der Waals surface area (Å²) in [5, 5.41) is 8.38. The van der Waals surface area contributed by atoms with E-state index in [-0.39, 0.29) is 51.2 Å². The van der Waals surface area contributed by atoms with Crippen LogP contribution in [-0.4, -0.2) is 82.4 Å². The number of carbonyl (C=O) groups excluding carboxylic acids is 3. The number of methoxy groups -OCH3 is 1. The van der Waals surface area contributed by atoms with E-state index in [0.717, 1.165) is 31.9 Å². The first-order chi connectivity index (χ1) is 21.3. The van der Waals surface area contributed by atoms with E-state index in [0.29, 0.717) is 25.2 Å². The predicted octanol–water partition coefficient (Wildman–Crippen LogP) is 4.01. The van der Waals surface area contributed by atoms with Gasteiger partial charge in [-0.1, -0.05) is 12.1 Å². The van der Waals surface area contributed by atoms with Gasteiger partial charge in [-0.3, -0.25) is 19.3 Å². The van der Waals surface area contributed by atoms with E-state index >= 15 is 0 Å². The third-order valence-corrected chi connectivity index (χ3v) is 8.70. The number of piperazine rings is 1. The lowest BCUT2D eigenvalue weighted by Crippen LogP contribution is -2.82. The second kappa shape index (κ2) is 11.0. The number of benzene rings is 2. The van der Waals surface area contributed by atoms with Gasteiger partial charge in [0.15, 0.2) is 0 Å². The van der Waals surface area contributed by atoms with Gasteiger partial charge in [0.2, 0.25) is 11.8 Å². The van der Waals surface area contributed by atoms with Crippen LogP contribution in [0.5, 0.6) is 5.88 Å². The van der Waals surface area contributed by atoms with Crippen molar-refractivity contribution in [1.29, 1.82) is 0 Å². The van der Waals surface area contributed by atoms with Crippen molar-refractivity contribution in [1.82, 2.24) is 19.8 Å². The number of alkyl halides is 3. The Morgan fingerprint density at radius 1 is 1.00 bits per heavy atom. The summed E-state index contributed by atoms with van der Waals surface area (Å²) in [6, 6.07) is 8.02. The highest BCUT2D eigenvalue weighted by Crippen LogP contribution is 2.65. The van der Waals surface area contributed by atoms with E-state index in [1.54, 1.807) is 18.0 Å². The minimum atomic E-state index is -4.96. The summed E-state index contributed by atoms with van der Waals surface area (Å²) in [5.74, 6) is -2.69. The smallest absolute Gasteiger partial charge is 0.419 e. The Balaban J connectivity index is 1.18. The number of halogens is 4. The third-order valence-electron chi connectivity index (χ3n) is 8.70. The van der Waals surface area contributed by atoms with Crippen LogP contribution in [0, 0.1) is 5.82 Å². The van der Waals surface area contributed by atoms with Gasteiger partial charge in [-0.05, 0) is 49.6 Å². The van der Waals surface area contributed by atoms with Gasteiger partial charge < -0.3 is 25.6 Å². The highest BCUT2D eigenvalue weighted by molar-refractivity contribution is 6.14. The van der Waals surface area contributed by atoms with Crippen LogP contribution in [0.1, 0.15) is 45.5 Å². The van der Waals surface area contributed by atoms with Crippen LogP contribution in [0.25, 0.3) is 0 Å². The van der Waals surface area contributed by atoms with Gasteiger partial charge in [0.25, 0.3) is 11.8 Å². The van der Waals surface area contributed by atoms with Crippen molar-refractivity contribution in [3.8, 4) is 5.88 Å². The highest BCUT2D eigenvalue weighted by atomic mass is 19.4. The molecule has 7 rings (SSSR count). The normalized spacial score (nSPS) is 22.6. The van der Waals surface area contributed by atoms with Gasteiger partial charge in [0, 0.05) is 36.9 Å². The van der Waals surface area contributed by atoms with E-state index in [9.17, 15) is 31.9 Å². The van der Waals surface area contributed by atoms with Crippen LogP contribution in [0.2, 0.25) is 0 Å². The molecule has 15 heteroatoms. The number of carbonyl (C=O) groups is 3. The number of amides is 3. The van der Waals surface area contributed by atoms with Gasteiger partial charge >= 0.3 is 6.18 Å². The van der Waals surface area contributed by atoms with Crippen LogP contribution in [0.15, 0.2) is 48.8 Å². The van der Waals surface area contributed by atoms with Crippen molar-refractivity contribution in [2.24, 2.45) is 0 Å². The fourth-order valence-corrected chi connectivity index (χ4v) is 6.43. The largest absolute Gasteiger partial charge is 0.480 e. The number of anilines is 3. The Labute approximate surface area is 255 Å². The summed E-state index contributed by atoms with van der Waals surface area (Å²) >= 11 is 0. The van der Waals surface area contributed by atoms with E-state index in [1.807, 2.05) is 0 Å². The molecule has 1 aliphatic heterocycles. The Morgan fingerprint density at radius 2 is 1.73 bits per heavy atom. The summed E-state index contributed by atoms with van der Waals surface area (Å²) < 4.78 is 58.6. The average Bonchev–Trinajstić information content (AvgIpc) is 2.96. The van der Waals surface area contributed by atoms with Gasteiger partial charge in [-0.2, -0.15) is 13.2 Å². The lowest BCUT2D eigenvalue weighted by Gasteiger charge is -2.74. The zero-order valence-corrected chi connectivity index (χ0v) is 24.3. The summed E-state index contributed by atoms with van der Waals surface area (Å²) in [4.78, 5) is 51.3. The third kappa shape index (κ3) is 5.52. The Morgan fingerprint density at radius 3 is 2.42 bits per heavy atom. The maximum absolute atomic E-state index is 13.7. The number of rotatable bonds is 8. The Bertz CT molecular complexity index is 1680. The summed E-state index contributed by atoms with van der Waals surface area (Å²) in [7, 11) is 3.14. The molecule has 0 unspecified atom stereocenters. The van der Waals surface area contributed by atoms with Crippen molar-refractivity contribution in [2.45, 2.75) is 36.5 Å². The predicted molar refractivity (Wildman–Crippen MR) is 154 cm³/mol. The number of para-hydroxylation sites is 1. The molecule has 236 valence electrons. The summed E-state index contributed by atoms with van der Waals surface area (Å²) in [6.45, 7) is 1.84. The lowest BCUT2D eigenvalue weighted by molar-refractivity contribution is -0.172. The van der Waals surface area contributed by atoms with Gasteiger partial charge in [-0.25, -0.2) is 14.4 Å². The highest BCUT2D eigenvalue weighted by Gasteiger charge is 2.71. The number of hydrogen-bond donors (Lipinski definition) is 3. The topological polar surface area (TPSA) is 129 Å². The van der Waals surface area contributed by atoms with E-state index in [4.69, 9.17) is 4.74 Å². The lowest BCUT2D eigenvalue weighted by atomic mass is 9.43. The minimum absolute atomic E-state index is 0.00267. The molecule has 1 aromatic heterocycles. The zero-order chi connectivity index (χ0) is 32.1. The van der Waals surface area contributed by atoms with Crippen molar-refractivity contribution in [3.05, 3.63) is 71.3 Å². The second-order valence-electron chi connectivity index (χ2n) is 11.6. The zero-order valence-electron chi connectivity index (χ0n) is 24.3. The van der Waals surface area contributed by atoms with Crippen molar-refractivity contribution < 1.29 is 36.7 Å². The summed E-state index contributed by atoms with van der Waals surface area (Å²) in [5.41, 5.74) is -2.19. The maximum Gasteiger partial charge on any atom is 0.419 e.